The van der Waals surface area contributed by atoms with Crippen molar-refractivity contribution in [3.8, 4) is 0 Å². The van der Waals surface area contributed by atoms with Crippen molar-refractivity contribution in [2.45, 2.75) is 19.4 Å². The predicted octanol–water partition coefficient (Wildman–Crippen LogP) is 1.64. The quantitative estimate of drug-likeness (QED) is 0.766. The summed E-state index contributed by atoms with van der Waals surface area (Å²) in [7, 11) is 0. The number of aromatic nitrogens is 4. The summed E-state index contributed by atoms with van der Waals surface area (Å²) < 4.78 is 14.7. The van der Waals surface area contributed by atoms with Gasteiger partial charge in [0.05, 0.1) is 6.33 Å². The molecule has 1 atom stereocenters. The summed E-state index contributed by atoms with van der Waals surface area (Å²) >= 11 is 0. The van der Waals surface area contributed by atoms with E-state index in [1.807, 2.05) is 6.92 Å². The fourth-order valence-corrected chi connectivity index (χ4v) is 2.33. The Balaban J connectivity index is 1.96. The molecule has 1 unspecified atom stereocenters. The monoisotopic (exact) mass is 287 g/mol. The summed E-state index contributed by atoms with van der Waals surface area (Å²) in [5.41, 5.74) is 6.92. The average molecular weight is 287 g/mol. The molecule has 3 aromatic rings. The van der Waals surface area contributed by atoms with Crippen molar-refractivity contribution in [3.05, 3.63) is 52.3 Å². The van der Waals surface area contributed by atoms with E-state index in [1.54, 1.807) is 23.0 Å². The molecule has 0 aliphatic heterocycles. The van der Waals surface area contributed by atoms with Gasteiger partial charge < -0.3 is 10.3 Å². The number of nitrogens with one attached hydrogen (secondary N) is 1. The summed E-state index contributed by atoms with van der Waals surface area (Å²) in [5, 5.41) is 0. The second kappa shape index (κ2) is 5.01. The van der Waals surface area contributed by atoms with E-state index in [9.17, 15) is 9.18 Å². The first-order valence-electron chi connectivity index (χ1n) is 6.51. The van der Waals surface area contributed by atoms with Crippen molar-refractivity contribution in [3.63, 3.8) is 0 Å². The highest BCUT2D eigenvalue weighted by Crippen LogP contribution is 2.18. The van der Waals surface area contributed by atoms with Crippen LogP contribution in [0.25, 0.3) is 11.2 Å². The lowest BCUT2D eigenvalue weighted by Crippen LogP contribution is -2.14. The van der Waals surface area contributed by atoms with E-state index in [0.717, 1.165) is 5.56 Å². The van der Waals surface area contributed by atoms with Gasteiger partial charge in [0.15, 0.2) is 11.2 Å². The first kappa shape index (κ1) is 13.3. The van der Waals surface area contributed by atoms with Crippen LogP contribution in [0.5, 0.6) is 0 Å². The molecule has 0 aliphatic carbocycles. The topological polar surface area (TPSA) is 89.6 Å². The van der Waals surface area contributed by atoms with Crippen LogP contribution in [0, 0.1) is 5.82 Å². The molecule has 0 amide bonds. The summed E-state index contributed by atoms with van der Waals surface area (Å²) in [6, 6.07) is 6.33. The van der Waals surface area contributed by atoms with Gasteiger partial charge in [-0.1, -0.05) is 12.1 Å². The number of halogens is 1. The van der Waals surface area contributed by atoms with E-state index < -0.39 is 0 Å². The average Bonchev–Trinajstić information content (AvgIpc) is 2.85. The maximum Gasteiger partial charge on any atom is 0.280 e. The predicted molar refractivity (Wildman–Crippen MR) is 77.4 cm³/mol. The third-order valence-corrected chi connectivity index (χ3v) is 3.37. The standard InChI is InChI=1S/C14H14FN5O/c1-8(6-9-2-4-10(15)5-3-9)20-7-17-11-12(20)18-14(16)19-13(11)21/h2-5,7-8H,6H2,1H3,(H3,16,18,19,21). The van der Waals surface area contributed by atoms with Crippen LogP contribution in [0.3, 0.4) is 0 Å². The van der Waals surface area contributed by atoms with Gasteiger partial charge in [0.2, 0.25) is 5.95 Å². The van der Waals surface area contributed by atoms with Crippen molar-refractivity contribution >= 4 is 17.1 Å². The Morgan fingerprint density at radius 3 is 2.81 bits per heavy atom. The minimum absolute atomic E-state index is 0.00848. The van der Waals surface area contributed by atoms with Crippen LogP contribution < -0.4 is 11.3 Å². The summed E-state index contributed by atoms with van der Waals surface area (Å²) in [6.45, 7) is 1.98. The van der Waals surface area contributed by atoms with Crippen molar-refractivity contribution in [2.75, 3.05) is 5.73 Å². The number of nitrogen functional groups attached to an aromatic ring is 1. The van der Waals surface area contributed by atoms with Crippen LogP contribution in [-0.4, -0.2) is 19.5 Å². The third kappa shape index (κ3) is 2.49. The van der Waals surface area contributed by atoms with Crippen molar-refractivity contribution in [1.29, 1.82) is 0 Å². The first-order chi connectivity index (χ1) is 10.0. The van der Waals surface area contributed by atoms with Crippen LogP contribution >= 0.6 is 0 Å². The number of benzene rings is 1. The van der Waals surface area contributed by atoms with Crippen LogP contribution in [0.15, 0.2) is 35.4 Å². The maximum atomic E-state index is 12.9. The molecule has 3 N–H and O–H groups in total. The van der Waals surface area contributed by atoms with E-state index in [1.165, 1.54) is 12.1 Å². The zero-order chi connectivity index (χ0) is 15.0. The molecule has 0 radical (unpaired) electrons. The molecule has 0 saturated carbocycles. The highest BCUT2D eigenvalue weighted by Gasteiger charge is 2.14. The van der Waals surface area contributed by atoms with Crippen LogP contribution in [0.2, 0.25) is 0 Å². The number of H-pyrrole nitrogens is 1. The third-order valence-electron chi connectivity index (χ3n) is 3.37. The lowest BCUT2D eigenvalue weighted by atomic mass is 10.1. The Morgan fingerprint density at radius 2 is 2.10 bits per heavy atom. The first-order valence-corrected chi connectivity index (χ1v) is 6.51. The van der Waals surface area contributed by atoms with E-state index in [0.29, 0.717) is 12.1 Å². The molecule has 2 aromatic heterocycles. The highest BCUT2D eigenvalue weighted by atomic mass is 19.1. The molecule has 0 bridgehead atoms. The number of anilines is 1. The zero-order valence-electron chi connectivity index (χ0n) is 11.4. The Kier molecular flexibility index (Phi) is 3.17. The van der Waals surface area contributed by atoms with Crippen molar-refractivity contribution in [2.24, 2.45) is 0 Å². The minimum Gasteiger partial charge on any atom is -0.369 e. The minimum atomic E-state index is -0.356. The van der Waals surface area contributed by atoms with Gasteiger partial charge in [-0.25, -0.2) is 9.37 Å². The van der Waals surface area contributed by atoms with Gasteiger partial charge in [-0.15, -0.1) is 0 Å². The molecule has 1 aromatic carbocycles. The van der Waals surface area contributed by atoms with Crippen LogP contribution in [0.1, 0.15) is 18.5 Å². The molecule has 0 saturated heterocycles. The van der Waals surface area contributed by atoms with E-state index in [-0.39, 0.29) is 28.9 Å². The summed E-state index contributed by atoms with van der Waals surface area (Å²) in [6.07, 6.45) is 2.24. The number of hydrogen-bond donors (Lipinski definition) is 2. The molecule has 7 heteroatoms. The van der Waals surface area contributed by atoms with Crippen molar-refractivity contribution in [1.82, 2.24) is 19.5 Å². The Bertz CT molecular complexity index is 837. The summed E-state index contributed by atoms with van der Waals surface area (Å²) in [5.74, 6) is -0.205. The molecule has 0 spiro atoms. The smallest absolute Gasteiger partial charge is 0.280 e. The SMILES string of the molecule is CC(Cc1ccc(F)cc1)n1cnc2c(=O)[nH]c(N)nc21. The summed E-state index contributed by atoms with van der Waals surface area (Å²) in [4.78, 5) is 22.4. The fraction of sp³-hybridized carbons (Fsp3) is 0.214. The maximum absolute atomic E-state index is 12.9. The second-order valence-electron chi connectivity index (χ2n) is 4.95. The van der Waals surface area contributed by atoms with Gasteiger partial charge in [-0.05, 0) is 31.0 Å². The zero-order valence-corrected chi connectivity index (χ0v) is 11.4. The molecule has 2 heterocycles. The fourth-order valence-electron chi connectivity index (χ4n) is 2.33. The second-order valence-corrected chi connectivity index (χ2v) is 4.95. The molecule has 3 rings (SSSR count). The number of fused-ring (bicyclic) bond motifs is 1. The lowest BCUT2D eigenvalue weighted by molar-refractivity contribution is 0.554. The number of hydrogen-bond acceptors (Lipinski definition) is 4. The van der Waals surface area contributed by atoms with E-state index >= 15 is 0 Å². The highest BCUT2D eigenvalue weighted by molar-refractivity contribution is 5.70. The number of imidazole rings is 1. The van der Waals surface area contributed by atoms with Crippen LogP contribution in [0.4, 0.5) is 10.3 Å². The van der Waals surface area contributed by atoms with E-state index in [2.05, 4.69) is 15.0 Å². The Labute approximate surface area is 119 Å². The molecular formula is C14H14FN5O. The lowest BCUT2D eigenvalue weighted by Gasteiger charge is -2.14. The van der Waals surface area contributed by atoms with Gasteiger partial charge in [-0.2, -0.15) is 4.98 Å². The molecule has 0 fully saturated rings. The molecule has 6 nitrogen and oxygen atoms in total. The number of nitrogens with zero attached hydrogens (tertiary/aromatic N) is 3. The molecular weight excluding hydrogens is 273 g/mol. The van der Waals surface area contributed by atoms with Gasteiger partial charge >= 0.3 is 0 Å². The molecule has 21 heavy (non-hydrogen) atoms. The largest absolute Gasteiger partial charge is 0.369 e. The normalized spacial score (nSPS) is 12.7. The van der Waals surface area contributed by atoms with Gasteiger partial charge in [0.1, 0.15) is 5.82 Å². The van der Waals surface area contributed by atoms with E-state index in [4.69, 9.17) is 5.73 Å². The Morgan fingerprint density at radius 1 is 1.38 bits per heavy atom. The van der Waals surface area contributed by atoms with Gasteiger partial charge in [0, 0.05) is 6.04 Å². The molecule has 108 valence electrons. The van der Waals surface area contributed by atoms with Crippen LogP contribution in [-0.2, 0) is 6.42 Å². The Hall–Kier alpha value is -2.70. The van der Waals surface area contributed by atoms with Crippen molar-refractivity contribution < 1.29 is 4.39 Å². The van der Waals surface area contributed by atoms with Gasteiger partial charge in [-0.3, -0.25) is 9.78 Å². The molecule has 0 aliphatic rings. The van der Waals surface area contributed by atoms with Gasteiger partial charge in [0.25, 0.3) is 5.56 Å². The number of aromatic amines is 1. The number of nitrogens with two attached hydrogens (primary N) is 1. The number of rotatable bonds is 3.